The van der Waals surface area contributed by atoms with Gasteiger partial charge in [0, 0.05) is 4.47 Å². The normalized spacial score (nSPS) is 12.0. The van der Waals surface area contributed by atoms with Crippen LogP contribution >= 0.6 is 31.9 Å². The second-order valence-electron chi connectivity index (χ2n) is 3.20. The Balaban J connectivity index is 3.18. The van der Waals surface area contributed by atoms with Gasteiger partial charge in [0.1, 0.15) is 5.78 Å². The Kier molecular flexibility index (Phi) is 4.68. The van der Waals surface area contributed by atoms with Gasteiger partial charge in [0.25, 0.3) is 0 Å². The van der Waals surface area contributed by atoms with Crippen LogP contribution in [0.5, 0.6) is 0 Å². The lowest BCUT2D eigenvalue weighted by Gasteiger charge is -2.10. The minimum Gasteiger partial charge on any atom is -0.465 e. The molecule has 1 atom stereocenters. The van der Waals surface area contributed by atoms with Crippen molar-refractivity contribution < 1.29 is 14.3 Å². The Morgan fingerprint density at radius 3 is 2.50 bits per heavy atom. The molecule has 0 N–H and O–H groups in total. The number of Topliss-reactive ketones (excluding diaryl/α,β-unsaturated/α-hetero) is 1. The number of methoxy groups -OCH3 is 1. The van der Waals surface area contributed by atoms with Crippen LogP contribution in [-0.2, 0) is 9.53 Å². The summed E-state index contributed by atoms with van der Waals surface area (Å²) in [5.74, 6) is -0.445. The molecule has 1 aromatic rings. The van der Waals surface area contributed by atoms with Gasteiger partial charge in [0.05, 0.1) is 17.5 Å². The fourth-order valence-electron chi connectivity index (χ4n) is 1.20. The smallest absolute Gasteiger partial charge is 0.337 e. The zero-order valence-corrected chi connectivity index (χ0v) is 12.0. The van der Waals surface area contributed by atoms with E-state index in [0.717, 1.165) is 10.0 Å². The van der Waals surface area contributed by atoms with Gasteiger partial charge >= 0.3 is 5.97 Å². The van der Waals surface area contributed by atoms with E-state index in [1.807, 2.05) is 0 Å². The summed E-state index contributed by atoms with van der Waals surface area (Å²) in [7, 11) is 1.32. The number of ether oxygens (including phenoxy) is 1. The topological polar surface area (TPSA) is 43.4 Å². The lowest BCUT2D eigenvalue weighted by molar-refractivity contribution is -0.116. The molecule has 0 amide bonds. The molecule has 1 unspecified atom stereocenters. The van der Waals surface area contributed by atoms with Gasteiger partial charge in [-0.25, -0.2) is 4.79 Å². The summed E-state index contributed by atoms with van der Waals surface area (Å²) < 4.78 is 5.39. The van der Waals surface area contributed by atoms with Crippen molar-refractivity contribution in [3.05, 3.63) is 33.8 Å². The maximum Gasteiger partial charge on any atom is 0.337 e. The van der Waals surface area contributed by atoms with Crippen LogP contribution in [0.1, 0.15) is 27.7 Å². The quantitative estimate of drug-likeness (QED) is 0.621. The zero-order chi connectivity index (χ0) is 12.3. The average Bonchev–Trinajstić information content (AvgIpc) is 2.27. The van der Waals surface area contributed by atoms with Crippen molar-refractivity contribution in [1.82, 2.24) is 0 Å². The fraction of sp³-hybridized carbons (Fsp3) is 0.273. The Bertz CT molecular complexity index is 429. The maximum atomic E-state index is 11.3. The molecular formula is C11H10Br2O3. The number of carbonyl (C=O) groups excluding carboxylic acids is 2. The van der Waals surface area contributed by atoms with Crippen LogP contribution in [0.4, 0.5) is 0 Å². The fourth-order valence-corrected chi connectivity index (χ4v) is 2.36. The summed E-state index contributed by atoms with van der Waals surface area (Å²) in [5, 5.41) is 0. The highest BCUT2D eigenvalue weighted by molar-refractivity contribution is 9.11. The van der Waals surface area contributed by atoms with Gasteiger partial charge in [-0.1, -0.05) is 31.9 Å². The molecule has 1 rings (SSSR count). The van der Waals surface area contributed by atoms with E-state index >= 15 is 0 Å². The Hall–Kier alpha value is -0.680. The number of ketones is 1. The molecule has 1 aromatic carbocycles. The average molecular weight is 350 g/mol. The SMILES string of the molecule is COC(=O)c1ccc(Br)c(C(Br)C(C)=O)c1. The molecule has 0 aromatic heterocycles. The Labute approximate surface area is 110 Å². The molecule has 0 bridgehead atoms. The maximum absolute atomic E-state index is 11.3. The molecule has 0 aliphatic rings. The first-order chi connectivity index (χ1) is 7.47. The summed E-state index contributed by atoms with van der Waals surface area (Å²) in [4.78, 5) is 22.2. The van der Waals surface area contributed by atoms with Gasteiger partial charge in [-0.3, -0.25) is 4.79 Å². The highest BCUT2D eigenvalue weighted by Gasteiger charge is 2.18. The number of rotatable bonds is 3. The van der Waals surface area contributed by atoms with E-state index in [4.69, 9.17) is 0 Å². The number of hydrogen-bond donors (Lipinski definition) is 0. The second-order valence-corrected chi connectivity index (χ2v) is 4.97. The summed E-state index contributed by atoms with van der Waals surface area (Å²) in [6.07, 6.45) is 0. The third kappa shape index (κ3) is 2.92. The van der Waals surface area contributed by atoms with Crippen LogP contribution in [0, 0.1) is 0 Å². The van der Waals surface area contributed by atoms with Crippen molar-refractivity contribution in [2.75, 3.05) is 7.11 Å². The van der Waals surface area contributed by atoms with Gasteiger partial charge in [-0.05, 0) is 30.7 Å². The summed E-state index contributed by atoms with van der Waals surface area (Å²) in [5.41, 5.74) is 1.14. The minimum atomic E-state index is -0.425. The molecule has 5 heteroatoms. The molecule has 86 valence electrons. The van der Waals surface area contributed by atoms with E-state index in [-0.39, 0.29) is 5.78 Å². The molecule has 0 saturated carbocycles. The number of carbonyl (C=O) groups is 2. The van der Waals surface area contributed by atoms with Crippen molar-refractivity contribution in [1.29, 1.82) is 0 Å². The van der Waals surface area contributed by atoms with Gasteiger partial charge in [0.2, 0.25) is 0 Å². The summed E-state index contributed by atoms with van der Waals surface area (Å²) in [6, 6.07) is 4.99. The zero-order valence-electron chi connectivity index (χ0n) is 8.79. The van der Waals surface area contributed by atoms with Crippen LogP contribution in [0.2, 0.25) is 0 Å². The lowest BCUT2D eigenvalue weighted by atomic mass is 10.1. The first-order valence-electron chi connectivity index (χ1n) is 4.49. The van der Waals surface area contributed by atoms with E-state index in [9.17, 15) is 9.59 Å². The van der Waals surface area contributed by atoms with E-state index in [2.05, 4.69) is 36.6 Å². The Morgan fingerprint density at radius 1 is 1.38 bits per heavy atom. The Morgan fingerprint density at radius 2 is 2.00 bits per heavy atom. The molecule has 0 aliphatic heterocycles. The largest absolute Gasteiger partial charge is 0.465 e. The molecule has 0 fully saturated rings. The molecule has 3 nitrogen and oxygen atoms in total. The highest BCUT2D eigenvalue weighted by Crippen LogP contribution is 2.31. The van der Waals surface area contributed by atoms with Crippen LogP contribution in [0.25, 0.3) is 0 Å². The predicted molar refractivity (Wildman–Crippen MR) is 67.8 cm³/mol. The molecule has 0 spiro atoms. The number of alkyl halides is 1. The van der Waals surface area contributed by atoms with Crippen molar-refractivity contribution in [2.45, 2.75) is 11.8 Å². The molecular weight excluding hydrogens is 340 g/mol. The van der Waals surface area contributed by atoms with E-state index in [0.29, 0.717) is 5.56 Å². The number of halogens is 2. The molecule has 0 saturated heterocycles. The van der Waals surface area contributed by atoms with Crippen LogP contribution in [0.3, 0.4) is 0 Å². The number of benzene rings is 1. The van der Waals surface area contributed by atoms with Gasteiger partial charge < -0.3 is 4.74 Å². The molecule has 0 radical (unpaired) electrons. The third-order valence-corrected chi connectivity index (χ3v) is 3.91. The van der Waals surface area contributed by atoms with Gasteiger partial charge in [0.15, 0.2) is 0 Å². The summed E-state index contributed by atoms with van der Waals surface area (Å²) >= 11 is 6.61. The van der Waals surface area contributed by atoms with Crippen molar-refractivity contribution in [2.24, 2.45) is 0 Å². The van der Waals surface area contributed by atoms with E-state index in [1.165, 1.54) is 14.0 Å². The van der Waals surface area contributed by atoms with E-state index < -0.39 is 10.8 Å². The van der Waals surface area contributed by atoms with Crippen LogP contribution in [0.15, 0.2) is 22.7 Å². The van der Waals surface area contributed by atoms with Gasteiger partial charge in [-0.15, -0.1) is 0 Å². The summed E-state index contributed by atoms with van der Waals surface area (Å²) in [6.45, 7) is 1.48. The standard InChI is InChI=1S/C11H10Br2O3/c1-6(14)10(13)8-5-7(11(15)16-2)3-4-9(8)12/h3-5,10H,1-2H3. The van der Waals surface area contributed by atoms with E-state index in [1.54, 1.807) is 18.2 Å². The first kappa shape index (κ1) is 13.4. The number of esters is 1. The van der Waals surface area contributed by atoms with Crippen molar-refractivity contribution in [3.8, 4) is 0 Å². The molecule has 16 heavy (non-hydrogen) atoms. The van der Waals surface area contributed by atoms with Crippen molar-refractivity contribution in [3.63, 3.8) is 0 Å². The first-order valence-corrected chi connectivity index (χ1v) is 6.20. The minimum absolute atomic E-state index is 0.0253. The molecule has 0 heterocycles. The monoisotopic (exact) mass is 348 g/mol. The second kappa shape index (κ2) is 5.59. The highest BCUT2D eigenvalue weighted by atomic mass is 79.9. The third-order valence-electron chi connectivity index (χ3n) is 2.05. The van der Waals surface area contributed by atoms with Crippen molar-refractivity contribution >= 4 is 43.6 Å². The van der Waals surface area contributed by atoms with Crippen LogP contribution in [-0.4, -0.2) is 18.9 Å². The lowest BCUT2D eigenvalue weighted by Crippen LogP contribution is -2.06. The molecule has 0 aliphatic carbocycles. The number of hydrogen-bond acceptors (Lipinski definition) is 3. The van der Waals surface area contributed by atoms with Crippen LogP contribution < -0.4 is 0 Å². The van der Waals surface area contributed by atoms with Gasteiger partial charge in [-0.2, -0.15) is 0 Å². The predicted octanol–water partition coefficient (Wildman–Crippen LogP) is 3.26.